The zero-order valence-corrected chi connectivity index (χ0v) is 12.6. The van der Waals surface area contributed by atoms with Crippen LogP contribution < -0.4 is 16.0 Å². The van der Waals surface area contributed by atoms with Gasteiger partial charge in [0.1, 0.15) is 0 Å². The van der Waals surface area contributed by atoms with E-state index in [4.69, 9.17) is 0 Å². The van der Waals surface area contributed by atoms with E-state index in [0.717, 1.165) is 19.6 Å². The Morgan fingerprint density at radius 2 is 1.95 bits per heavy atom. The molecule has 0 radical (unpaired) electrons. The van der Waals surface area contributed by atoms with Gasteiger partial charge < -0.3 is 10.6 Å². The second-order valence-corrected chi connectivity index (χ2v) is 6.66. The maximum Gasteiger partial charge on any atom is 0.321 e. The quantitative estimate of drug-likeness (QED) is 0.674. The number of carbonyl (C=O) groups excluding carboxylic acids is 2. The molecular weight excluding hydrogens is 244 g/mol. The Morgan fingerprint density at radius 1 is 1.32 bits per heavy atom. The highest BCUT2D eigenvalue weighted by Crippen LogP contribution is 2.15. The number of piperazine rings is 1. The number of amides is 3. The fourth-order valence-corrected chi connectivity index (χ4v) is 2.03. The Morgan fingerprint density at radius 3 is 2.47 bits per heavy atom. The molecule has 0 spiro atoms. The molecule has 0 aliphatic carbocycles. The zero-order valence-electron chi connectivity index (χ0n) is 12.6. The average Bonchev–Trinajstić information content (AvgIpc) is 2.17. The summed E-state index contributed by atoms with van der Waals surface area (Å²) in [5, 5.41) is 8.37. The summed E-state index contributed by atoms with van der Waals surface area (Å²) in [7, 11) is 0. The van der Waals surface area contributed by atoms with Crippen molar-refractivity contribution in [2.75, 3.05) is 26.2 Å². The summed E-state index contributed by atoms with van der Waals surface area (Å²) in [6, 6.07) is -0.439. The van der Waals surface area contributed by atoms with Crippen molar-refractivity contribution in [3.8, 4) is 0 Å². The molecule has 0 unspecified atom stereocenters. The standard InChI is InChI=1S/C13H26N4O2/c1-12(2,3)16-11(19)15-10(18)8-17-7-6-14-9-13(17,4)5/h14H,6-9H2,1-5H3,(H2,15,16,18,19). The fraction of sp³-hybridized carbons (Fsp3) is 0.846. The third-order valence-corrected chi connectivity index (χ3v) is 3.05. The lowest BCUT2D eigenvalue weighted by molar-refractivity contribution is -0.122. The van der Waals surface area contributed by atoms with Crippen LogP contribution in [0.1, 0.15) is 34.6 Å². The number of urea groups is 1. The smallest absolute Gasteiger partial charge is 0.321 e. The Balaban J connectivity index is 2.44. The molecule has 0 saturated carbocycles. The predicted octanol–water partition coefficient (Wildman–Crippen LogP) is 0.295. The molecule has 1 fully saturated rings. The number of imide groups is 1. The molecule has 0 aromatic rings. The van der Waals surface area contributed by atoms with Crippen molar-refractivity contribution in [2.24, 2.45) is 0 Å². The van der Waals surface area contributed by atoms with Crippen molar-refractivity contribution in [3.05, 3.63) is 0 Å². The molecule has 0 aromatic heterocycles. The van der Waals surface area contributed by atoms with E-state index in [1.54, 1.807) is 0 Å². The minimum absolute atomic E-state index is 0.0733. The minimum atomic E-state index is -0.439. The van der Waals surface area contributed by atoms with Crippen LogP contribution in [0, 0.1) is 0 Å². The lowest BCUT2D eigenvalue weighted by Crippen LogP contribution is -2.60. The highest BCUT2D eigenvalue weighted by molar-refractivity contribution is 5.95. The van der Waals surface area contributed by atoms with Crippen LogP contribution in [-0.2, 0) is 4.79 Å². The summed E-state index contributed by atoms with van der Waals surface area (Å²) in [6.45, 7) is 12.5. The molecule has 3 N–H and O–H groups in total. The highest BCUT2D eigenvalue weighted by Gasteiger charge is 2.31. The molecule has 6 heteroatoms. The average molecular weight is 270 g/mol. The van der Waals surface area contributed by atoms with Gasteiger partial charge in [0, 0.05) is 30.7 Å². The molecule has 6 nitrogen and oxygen atoms in total. The van der Waals surface area contributed by atoms with Crippen molar-refractivity contribution in [1.82, 2.24) is 20.9 Å². The summed E-state index contributed by atoms with van der Waals surface area (Å²) in [6.07, 6.45) is 0. The maximum absolute atomic E-state index is 11.9. The molecule has 1 heterocycles. The van der Waals surface area contributed by atoms with Gasteiger partial charge in [-0.25, -0.2) is 4.79 Å². The molecule has 1 rings (SSSR count). The first-order chi connectivity index (χ1) is 8.60. The van der Waals surface area contributed by atoms with Crippen LogP contribution in [0.5, 0.6) is 0 Å². The van der Waals surface area contributed by atoms with E-state index in [1.807, 2.05) is 20.8 Å². The zero-order chi connectivity index (χ0) is 14.7. The van der Waals surface area contributed by atoms with E-state index in [0.29, 0.717) is 0 Å². The Kier molecular flexibility index (Phi) is 4.92. The first kappa shape index (κ1) is 15.9. The molecule has 0 atom stereocenters. The van der Waals surface area contributed by atoms with Gasteiger partial charge in [-0.3, -0.25) is 15.0 Å². The SMILES string of the molecule is CC(C)(C)NC(=O)NC(=O)CN1CCNCC1(C)C. The Labute approximate surface area is 115 Å². The van der Waals surface area contributed by atoms with E-state index in [1.165, 1.54) is 0 Å². The summed E-state index contributed by atoms with van der Waals surface area (Å²) in [5.41, 5.74) is -0.422. The number of hydrogen-bond donors (Lipinski definition) is 3. The van der Waals surface area contributed by atoms with Crippen LogP contribution in [0.3, 0.4) is 0 Å². The summed E-state index contributed by atoms with van der Waals surface area (Å²) in [4.78, 5) is 25.5. The topological polar surface area (TPSA) is 73.5 Å². The van der Waals surface area contributed by atoms with E-state index in [2.05, 4.69) is 34.7 Å². The molecule has 110 valence electrons. The van der Waals surface area contributed by atoms with Crippen LogP contribution in [0.25, 0.3) is 0 Å². The van der Waals surface area contributed by atoms with Gasteiger partial charge in [0.2, 0.25) is 5.91 Å². The number of rotatable bonds is 2. The van der Waals surface area contributed by atoms with Gasteiger partial charge in [-0.05, 0) is 34.6 Å². The van der Waals surface area contributed by atoms with Gasteiger partial charge >= 0.3 is 6.03 Å². The van der Waals surface area contributed by atoms with Crippen LogP contribution in [-0.4, -0.2) is 54.1 Å². The van der Waals surface area contributed by atoms with Gasteiger partial charge in [0.15, 0.2) is 0 Å². The van der Waals surface area contributed by atoms with Gasteiger partial charge in [0.05, 0.1) is 6.54 Å². The largest absolute Gasteiger partial charge is 0.333 e. The first-order valence-corrected chi connectivity index (χ1v) is 6.68. The molecule has 0 bridgehead atoms. The number of carbonyl (C=O) groups is 2. The predicted molar refractivity (Wildman–Crippen MR) is 74.9 cm³/mol. The third kappa shape index (κ3) is 5.57. The monoisotopic (exact) mass is 270 g/mol. The van der Waals surface area contributed by atoms with E-state index in [-0.39, 0.29) is 23.5 Å². The van der Waals surface area contributed by atoms with Crippen molar-refractivity contribution < 1.29 is 9.59 Å². The third-order valence-electron chi connectivity index (χ3n) is 3.05. The summed E-state index contributed by atoms with van der Waals surface area (Å²) in [5.74, 6) is -0.267. The van der Waals surface area contributed by atoms with Crippen molar-refractivity contribution in [3.63, 3.8) is 0 Å². The lowest BCUT2D eigenvalue weighted by Gasteiger charge is -2.42. The van der Waals surface area contributed by atoms with Gasteiger partial charge in [-0.1, -0.05) is 0 Å². The highest BCUT2D eigenvalue weighted by atomic mass is 16.2. The molecule has 19 heavy (non-hydrogen) atoms. The summed E-state index contributed by atoms with van der Waals surface area (Å²) < 4.78 is 0. The first-order valence-electron chi connectivity index (χ1n) is 6.68. The van der Waals surface area contributed by atoms with Crippen LogP contribution in [0.15, 0.2) is 0 Å². The summed E-state index contributed by atoms with van der Waals surface area (Å²) >= 11 is 0. The van der Waals surface area contributed by atoms with Gasteiger partial charge in [0.25, 0.3) is 0 Å². The normalized spacial score (nSPS) is 19.8. The molecule has 1 aliphatic heterocycles. The number of nitrogens with one attached hydrogen (secondary N) is 3. The number of nitrogens with zero attached hydrogens (tertiary/aromatic N) is 1. The van der Waals surface area contributed by atoms with Crippen molar-refractivity contribution in [1.29, 1.82) is 0 Å². The Bertz CT molecular complexity index is 347. The van der Waals surface area contributed by atoms with Crippen molar-refractivity contribution >= 4 is 11.9 Å². The van der Waals surface area contributed by atoms with Crippen LogP contribution >= 0.6 is 0 Å². The second kappa shape index (κ2) is 5.88. The number of hydrogen-bond acceptors (Lipinski definition) is 4. The Hall–Kier alpha value is -1.14. The van der Waals surface area contributed by atoms with Gasteiger partial charge in [-0.2, -0.15) is 0 Å². The van der Waals surface area contributed by atoms with E-state index >= 15 is 0 Å². The second-order valence-electron chi connectivity index (χ2n) is 6.66. The molecule has 1 saturated heterocycles. The molecule has 1 aliphatic rings. The fourth-order valence-electron chi connectivity index (χ4n) is 2.03. The maximum atomic E-state index is 11.9. The molecule has 3 amide bonds. The van der Waals surface area contributed by atoms with E-state index < -0.39 is 6.03 Å². The van der Waals surface area contributed by atoms with Gasteiger partial charge in [-0.15, -0.1) is 0 Å². The van der Waals surface area contributed by atoms with Crippen LogP contribution in [0.2, 0.25) is 0 Å². The van der Waals surface area contributed by atoms with Crippen LogP contribution in [0.4, 0.5) is 4.79 Å². The minimum Gasteiger partial charge on any atom is -0.333 e. The van der Waals surface area contributed by atoms with E-state index in [9.17, 15) is 9.59 Å². The van der Waals surface area contributed by atoms with Crippen molar-refractivity contribution in [2.45, 2.75) is 45.7 Å². The lowest BCUT2D eigenvalue weighted by atomic mass is 10.0. The molecular formula is C13H26N4O2. The molecule has 0 aromatic carbocycles.